The van der Waals surface area contributed by atoms with Gasteiger partial charge in [-0.1, -0.05) is 17.7 Å². The maximum absolute atomic E-state index is 12.9. The number of halogens is 1. The summed E-state index contributed by atoms with van der Waals surface area (Å²) in [6.45, 7) is 0.220. The number of hydrogen-bond acceptors (Lipinski definition) is 5. The molecule has 142 valence electrons. The first-order valence-electron chi connectivity index (χ1n) is 8.12. The lowest BCUT2D eigenvalue weighted by molar-refractivity contribution is -0.384. The second kappa shape index (κ2) is 7.63. The highest BCUT2D eigenvalue weighted by atomic mass is 35.5. The number of nitro groups is 1. The van der Waals surface area contributed by atoms with E-state index in [0.717, 1.165) is 4.31 Å². The second-order valence-electron chi connectivity index (χ2n) is 6.02. The molecule has 1 aliphatic heterocycles. The van der Waals surface area contributed by atoms with Crippen molar-refractivity contribution in [2.45, 2.75) is 23.8 Å². The minimum absolute atomic E-state index is 0.0574. The summed E-state index contributed by atoms with van der Waals surface area (Å²) in [6, 6.07) is 10.4. The topological polar surface area (TPSA) is 110 Å². The first-order valence-corrected chi connectivity index (χ1v) is 9.93. The number of carbonyl (C=O) groups is 1. The van der Waals surface area contributed by atoms with Crippen LogP contribution in [0, 0.1) is 10.1 Å². The van der Waals surface area contributed by atoms with E-state index in [-0.39, 0.29) is 22.8 Å². The number of nitro benzene ring substituents is 1. The number of rotatable bonds is 5. The van der Waals surface area contributed by atoms with Crippen molar-refractivity contribution in [3.05, 3.63) is 63.7 Å². The van der Waals surface area contributed by atoms with Gasteiger partial charge in [0.1, 0.15) is 6.04 Å². The molecule has 1 N–H and O–H groups in total. The first-order chi connectivity index (χ1) is 12.8. The number of sulfonamides is 1. The fraction of sp³-hybridized carbons (Fsp3) is 0.235. The van der Waals surface area contributed by atoms with Crippen molar-refractivity contribution < 1.29 is 18.1 Å². The van der Waals surface area contributed by atoms with Crippen LogP contribution >= 0.6 is 11.6 Å². The second-order valence-corrected chi connectivity index (χ2v) is 8.35. The van der Waals surface area contributed by atoms with Crippen LogP contribution in [0.3, 0.4) is 0 Å². The number of carbonyl (C=O) groups excluding carboxylic acids is 1. The molecule has 1 aliphatic rings. The number of anilines is 1. The molecule has 2 aromatic carbocycles. The summed E-state index contributed by atoms with van der Waals surface area (Å²) in [4.78, 5) is 23.0. The SMILES string of the molecule is O=C(Nc1cccc([N+](=O)[O-])c1)[C@@H]1CCCN1S(=O)(=O)c1ccc(Cl)cc1. The highest BCUT2D eigenvalue weighted by Gasteiger charge is 2.39. The maximum atomic E-state index is 12.9. The number of amides is 1. The van der Waals surface area contributed by atoms with Crippen molar-refractivity contribution in [2.75, 3.05) is 11.9 Å². The minimum atomic E-state index is -3.86. The summed E-state index contributed by atoms with van der Waals surface area (Å²) in [6.07, 6.45) is 0.910. The normalized spacial score (nSPS) is 17.6. The Morgan fingerprint density at radius 2 is 1.93 bits per heavy atom. The zero-order valence-electron chi connectivity index (χ0n) is 14.0. The fourth-order valence-corrected chi connectivity index (χ4v) is 4.74. The van der Waals surface area contributed by atoms with Gasteiger partial charge in [0, 0.05) is 29.4 Å². The Kier molecular flexibility index (Phi) is 5.45. The molecule has 1 fully saturated rings. The average Bonchev–Trinajstić information content (AvgIpc) is 3.13. The van der Waals surface area contributed by atoms with Gasteiger partial charge in [-0.15, -0.1) is 0 Å². The lowest BCUT2D eigenvalue weighted by Crippen LogP contribution is -2.43. The quantitative estimate of drug-likeness (QED) is 0.602. The highest BCUT2D eigenvalue weighted by Crippen LogP contribution is 2.28. The van der Waals surface area contributed by atoms with E-state index in [1.807, 2.05) is 0 Å². The van der Waals surface area contributed by atoms with E-state index < -0.39 is 26.9 Å². The molecule has 1 atom stereocenters. The maximum Gasteiger partial charge on any atom is 0.271 e. The van der Waals surface area contributed by atoms with E-state index in [4.69, 9.17) is 11.6 Å². The molecule has 1 saturated heterocycles. The zero-order chi connectivity index (χ0) is 19.6. The third kappa shape index (κ3) is 4.10. The van der Waals surface area contributed by atoms with E-state index in [1.165, 1.54) is 48.5 Å². The van der Waals surface area contributed by atoms with Crippen molar-refractivity contribution in [3.8, 4) is 0 Å². The van der Waals surface area contributed by atoms with Crippen molar-refractivity contribution in [1.82, 2.24) is 4.31 Å². The Balaban J connectivity index is 1.81. The predicted octanol–water partition coefficient (Wildman–Crippen LogP) is 3.04. The minimum Gasteiger partial charge on any atom is -0.324 e. The van der Waals surface area contributed by atoms with Crippen LogP contribution in [-0.4, -0.2) is 36.1 Å². The van der Waals surface area contributed by atoms with E-state index in [9.17, 15) is 23.3 Å². The van der Waals surface area contributed by atoms with E-state index >= 15 is 0 Å². The van der Waals surface area contributed by atoms with Gasteiger partial charge in [0.2, 0.25) is 15.9 Å². The van der Waals surface area contributed by atoms with Crippen LogP contribution < -0.4 is 5.32 Å². The molecule has 0 bridgehead atoms. The monoisotopic (exact) mass is 409 g/mol. The summed E-state index contributed by atoms with van der Waals surface area (Å²) in [7, 11) is -3.86. The van der Waals surface area contributed by atoms with Crippen LogP contribution in [0.4, 0.5) is 11.4 Å². The Morgan fingerprint density at radius 1 is 1.22 bits per heavy atom. The van der Waals surface area contributed by atoms with Gasteiger partial charge in [0.15, 0.2) is 0 Å². The molecule has 0 spiro atoms. The number of nitrogens with zero attached hydrogens (tertiary/aromatic N) is 2. The smallest absolute Gasteiger partial charge is 0.271 e. The molecule has 3 rings (SSSR count). The molecule has 10 heteroatoms. The summed E-state index contributed by atoms with van der Waals surface area (Å²) < 4.78 is 26.9. The summed E-state index contributed by atoms with van der Waals surface area (Å²) >= 11 is 5.81. The van der Waals surface area contributed by atoms with Crippen LogP contribution in [0.1, 0.15) is 12.8 Å². The summed E-state index contributed by atoms with van der Waals surface area (Å²) in [5, 5.41) is 13.8. The van der Waals surface area contributed by atoms with Crippen LogP contribution in [0.5, 0.6) is 0 Å². The Bertz CT molecular complexity index is 978. The van der Waals surface area contributed by atoms with Gasteiger partial charge in [0.25, 0.3) is 5.69 Å². The van der Waals surface area contributed by atoms with Gasteiger partial charge < -0.3 is 5.32 Å². The van der Waals surface area contributed by atoms with Crippen LogP contribution in [0.15, 0.2) is 53.4 Å². The largest absolute Gasteiger partial charge is 0.324 e. The molecule has 8 nitrogen and oxygen atoms in total. The van der Waals surface area contributed by atoms with Crippen LogP contribution in [-0.2, 0) is 14.8 Å². The van der Waals surface area contributed by atoms with E-state index in [1.54, 1.807) is 0 Å². The molecular formula is C17H16ClN3O5S. The molecule has 2 aromatic rings. The van der Waals surface area contributed by atoms with Gasteiger partial charge in [-0.2, -0.15) is 4.31 Å². The fourth-order valence-electron chi connectivity index (χ4n) is 2.95. The molecule has 0 aromatic heterocycles. The van der Waals surface area contributed by atoms with Crippen molar-refractivity contribution in [2.24, 2.45) is 0 Å². The standard InChI is InChI=1S/C17H16ClN3O5S/c18-12-6-8-15(9-7-12)27(25,26)20-10-2-5-16(20)17(22)19-13-3-1-4-14(11-13)21(23)24/h1,3-4,6-9,11,16H,2,5,10H2,(H,19,22)/t16-/m0/s1. The molecule has 1 amide bonds. The molecule has 27 heavy (non-hydrogen) atoms. The summed E-state index contributed by atoms with van der Waals surface area (Å²) in [5.41, 5.74) is 0.0785. The van der Waals surface area contributed by atoms with Crippen LogP contribution in [0.25, 0.3) is 0 Å². The molecule has 0 unspecified atom stereocenters. The van der Waals surface area contributed by atoms with Gasteiger partial charge in [0.05, 0.1) is 9.82 Å². The van der Waals surface area contributed by atoms with Gasteiger partial charge >= 0.3 is 0 Å². The first kappa shape index (κ1) is 19.3. The van der Waals surface area contributed by atoms with Crippen molar-refractivity contribution in [3.63, 3.8) is 0 Å². The van der Waals surface area contributed by atoms with E-state index in [0.29, 0.717) is 17.9 Å². The van der Waals surface area contributed by atoms with Crippen molar-refractivity contribution >= 4 is 38.9 Å². The average molecular weight is 410 g/mol. The molecule has 1 heterocycles. The number of benzene rings is 2. The van der Waals surface area contributed by atoms with E-state index in [2.05, 4.69) is 5.32 Å². The van der Waals surface area contributed by atoms with Gasteiger partial charge in [-0.05, 0) is 43.2 Å². The lowest BCUT2D eigenvalue weighted by Gasteiger charge is -2.23. The van der Waals surface area contributed by atoms with Crippen LogP contribution in [0.2, 0.25) is 5.02 Å². The Hall–Kier alpha value is -2.49. The molecule has 0 aliphatic carbocycles. The Labute approximate surface area is 160 Å². The zero-order valence-corrected chi connectivity index (χ0v) is 15.6. The third-order valence-electron chi connectivity index (χ3n) is 4.25. The highest BCUT2D eigenvalue weighted by molar-refractivity contribution is 7.89. The van der Waals surface area contributed by atoms with Gasteiger partial charge in [-0.25, -0.2) is 8.42 Å². The molecule has 0 saturated carbocycles. The number of hydrogen-bond donors (Lipinski definition) is 1. The third-order valence-corrected chi connectivity index (χ3v) is 6.43. The number of non-ortho nitro benzene ring substituents is 1. The lowest BCUT2D eigenvalue weighted by atomic mass is 10.2. The number of nitrogens with one attached hydrogen (secondary N) is 1. The molecular weight excluding hydrogens is 394 g/mol. The predicted molar refractivity (Wildman–Crippen MR) is 100 cm³/mol. The van der Waals surface area contributed by atoms with Crippen molar-refractivity contribution in [1.29, 1.82) is 0 Å². The Morgan fingerprint density at radius 3 is 2.59 bits per heavy atom. The summed E-state index contributed by atoms with van der Waals surface area (Å²) in [5.74, 6) is -0.523. The molecule has 0 radical (unpaired) electrons. The van der Waals surface area contributed by atoms with Gasteiger partial charge in [-0.3, -0.25) is 14.9 Å².